The number of quaternary nitrogens is 1. The number of carbonyl (C=O) groups is 3. The Hall–Kier alpha value is -4.27. The van der Waals surface area contributed by atoms with E-state index in [1.54, 1.807) is 0 Å². The number of esters is 2. The summed E-state index contributed by atoms with van der Waals surface area (Å²) >= 11 is 0. The molecule has 0 rings (SSSR count). The summed E-state index contributed by atoms with van der Waals surface area (Å²) in [5, 5.41) is 9.61. The Morgan fingerprint density at radius 2 is 1.00 bits per heavy atom. The van der Waals surface area contributed by atoms with E-state index in [4.69, 9.17) is 14.2 Å². The fourth-order valence-electron chi connectivity index (χ4n) is 5.40. The molecule has 324 valence electrons. The van der Waals surface area contributed by atoms with Crippen LogP contribution < -0.4 is 0 Å². The van der Waals surface area contributed by atoms with Gasteiger partial charge in [0, 0.05) is 19.3 Å². The monoisotopic (exact) mass is 805 g/mol. The van der Waals surface area contributed by atoms with Gasteiger partial charge in [-0.25, -0.2) is 4.79 Å². The van der Waals surface area contributed by atoms with E-state index in [1.165, 1.54) is 0 Å². The van der Waals surface area contributed by atoms with Crippen LogP contribution in [0, 0.1) is 0 Å². The van der Waals surface area contributed by atoms with E-state index in [0.29, 0.717) is 19.3 Å². The molecule has 0 aromatic rings. The van der Waals surface area contributed by atoms with Crippen LogP contribution in [0.15, 0.2) is 122 Å². The number of likely N-dealkylation sites (N-methyl/N-ethyl adjacent to an activating group) is 1. The molecule has 0 saturated carbocycles. The summed E-state index contributed by atoms with van der Waals surface area (Å²) in [5.74, 6) is -1.60. The average molecular weight is 805 g/mol. The molecule has 0 aromatic heterocycles. The number of carboxylic acids is 1. The Morgan fingerprint density at radius 3 is 1.55 bits per heavy atom. The van der Waals surface area contributed by atoms with Gasteiger partial charge in [0.1, 0.15) is 6.61 Å². The molecule has 0 heterocycles. The summed E-state index contributed by atoms with van der Waals surface area (Å²) < 4.78 is 17.2. The molecule has 0 fully saturated rings. The number of nitrogens with zero attached hydrogens (tertiary/aromatic N) is 1. The minimum atomic E-state index is -0.895. The second-order valence-electron chi connectivity index (χ2n) is 14.9. The van der Waals surface area contributed by atoms with Gasteiger partial charge in [-0.3, -0.25) is 9.59 Å². The van der Waals surface area contributed by atoms with E-state index in [0.717, 1.165) is 77.0 Å². The van der Waals surface area contributed by atoms with Gasteiger partial charge < -0.3 is 23.8 Å². The maximum atomic E-state index is 12.7. The van der Waals surface area contributed by atoms with Crippen molar-refractivity contribution < 1.29 is 38.2 Å². The second-order valence-corrected chi connectivity index (χ2v) is 14.9. The molecule has 0 amide bonds. The third-order valence-corrected chi connectivity index (χ3v) is 8.70. The van der Waals surface area contributed by atoms with Gasteiger partial charge in [-0.1, -0.05) is 142 Å². The van der Waals surface area contributed by atoms with Gasteiger partial charge in [-0.2, -0.15) is 0 Å². The molecular weight excluding hydrogens is 727 g/mol. The summed E-state index contributed by atoms with van der Waals surface area (Å²) in [7, 11) is 5.48. The predicted molar refractivity (Wildman–Crippen MR) is 242 cm³/mol. The van der Waals surface area contributed by atoms with E-state index in [1.807, 2.05) is 57.6 Å². The molecule has 0 radical (unpaired) electrons. The van der Waals surface area contributed by atoms with Crippen molar-refractivity contribution in [1.29, 1.82) is 0 Å². The normalized spacial score (nSPS) is 14.2. The van der Waals surface area contributed by atoms with Crippen molar-refractivity contribution in [3.63, 3.8) is 0 Å². The number of hydrogen-bond acceptors (Lipinski definition) is 6. The predicted octanol–water partition coefficient (Wildman–Crippen LogP) is 11.9. The van der Waals surface area contributed by atoms with Crippen LogP contribution in [0.1, 0.15) is 123 Å². The number of carboxylic acid groups (broad SMARTS) is 1. The van der Waals surface area contributed by atoms with Crippen LogP contribution in [-0.4, -0.2) is 80.6 Å². The Labute approximate surface area is 352 Å². The third kappa shape index (κ3) is 37.3. The van der Waals surface area contributed by atoms with Crippen LogP contribution >= 0.6 is 0 Å². The molecule has 0 aliphatic heterocycles. The molecule has 8 heteroatoms. The number of rotatable bonds is 36. The Balaban J connectivity index is 4.50. The number of unbranched alkanes of at least 4 members (excludes halogenated alkanes) is 5. The van der Waals surface area contributed by atoms with Gasteiger partial charge in [0.15, 0.2) is 12.1 Å². The maximum Gasteiger partial charge on any atom is 0.362 e. The van der Waals surface area contributed by atoms with Crippen LogP contribution in [0.25, 0.3) is 0 Å². The van der Waals surface area contributed by atoms with Gasteiger partial charge >= 0.3 is 17.9 Å². The van der Waals surface area contributed by atoms with Crippen LogP contribution in [0.2, 0.25) is 0 Å². The maximum absolute atomic E-state index is 12.7. The molecule has 0 bridgehead atoms. The van der Waals surface area contributed by atoms with Crippen molar-refractivity contribution in [3.8, 4) is 0 Å². The molecule has 2 unspecified atom stereocenters. The highest BCUT2D eigenvalue weighted by Crippen LogP contribution is 2.11. The average Bonchev–Trinajstić information content (AvgIpc) is 3.18. The molecule has 0 aromatic carbocycles. The van der Waals surface area contributed by atoms with Crippen LogP contribution in [0.5, 0.6) is 0 Å². The van der Waals surface area contributed by atoms with Crippen molar-refractivity contribution in [2.45, 2.75) is 135 Å². The van der Waals surface area contributed by atoms with Crippen molar-refractivity contribution in [3.05, 3.63) is 122 Å². The summed E-state index contributed by atoms with van der Waals surface area (Å²) in [4.78, 5) is 36.9. The van der Waals surface area contributed by atoms with E-state index < -0.39 is 18.1 Å². The van der Waals surface area contributed by atoms with Gasteiger partial charge in [-0.05, 0) is 83.5 Å². The quantitative estimate of drug-likeness (QED) is 0.0221. The first kappa shape index (κ1) is 53.7. The van der Waals surface area contributed by atoms with Crippen LogP contribution in [0.4, 0.5) is 0 Å². The fourth-order valence-corrected chi connectivity index (χ4v) is 5.40. The van der Waals surface area contributed by atoms with E-state index >= 15 is 0 Å². The Bertz CT molecular complexity index is 1350. The largest absolute Gasteiger partial charge is 0.477 e. The van der Waals surface area contributed by atoms with Gasteiger partial charge in [0.2, 0.25) is 0 Å². The summed E-state index contributed by atoms with van der Waals surface area (Å²) in [6.07, 6.45) is 55.4. The van der Waals surface area contributed by atoms with Crippen molar-refractivity contribution >= 4 is 17.9 Å². The molecule has 1 N–H and O–H groups in total. The molecule has 58 heavy (non-hydrogen) atoms. The highest BCUT2D eigenvalue weighted by atomic mass is 16.6. The zero-order valence-corrected chi connectivity index (χ0v) is 36.7. The van der Waals surface area contributed by atoms with E-state index in [2.05, 4.69) is 98.9 Å². The van der Waals surface area contributed by atoms with Gasteiger partial charge in [-0.15, -0.1) is 0 Å². The highest BCUT2D eigenvalue weighted by molar-refractivity contribution is 5.72. The standard InChI is InChI=1S/C50H77NO7/c1-6-8-10-12-14-16-18-20-21-22-23-24-25-26-27-29-30-32-34-36-38-40-48(52)57-45-46(44-56-43-42-47(50(54)55)51(3,4)5)58-49(53)41-39-37-35-33-31-28-19-17-15-13-11-9-7-2/h8-11,13-17,19-21,23-24,26-28,30-32,46-47H,6-7,12,18,22,25,29,33-45H2,1-5H3/p+1/b10-8+,11-9+,15-13+,16-14+,19-17+,21-20+,24-23+,27-26+,31-28+,32-30+. The van der Waals surface area contributed by atoms with Crippen molar-refractivity contribution in [2.75, 3.05) is 41.0 Å². The highest BCUT2D eigenvalue weighted by Gasteiger charge is 2.31. The van der Waals surface area contributed by atoms with Crippen molar-refractivity contribution in [1.82, 2.24) is 0 Å². The number of aliphatic carboxylic acids is 1. The third-order valence-electron chi connectivity index (χ3n) is 8.70. The summed E-state index contributed by atoms with van der Waals surface area (Å²) in [5.41, 5.74) is 0. The van der Waals surface area contributed by atoms with Gasteiger partial charge in [0.05, 0.1) is 34.4 Å². The lowest BCUT2D eigenvalue weighted by Gasteiger charge is -2.31. The zero-order valence-electron chi connectivity index (χ0n) is 36.7. The first-order chi connectivity index (χ1) is 28.1. The van der Waals surface area contributed by atoms with E-state index in [-0.39, 0.29) is 49.1 Å². The van der Waals surface area contributed by atoms with E-state index in [9.17, 15) is 19.5 Å². The Morgan fingerprint density at radius 1 is 0.534 bits per heavy atom. The van der Waals surface area contributed by atoms with Crippen LogP contribution in [0.3, 0.4) is 0 Å². The SMILES string of the molecule is CC/C=C/C=C/C=C/C=C/CCCCCC(=O)OC(COCCC(C(=O)O)[N+](C)(C)C)COC(=O)CCCC/C=C/C/C=C/C/C=C/C/C=C/C/C=C/C/C=C/CC. The fraction of sp³-hybridized carbons (Fsp3) is 0.540. The number of hydrogen-bond donors (Lipinski definition) is 1. The summed E-state index contributed by atoms with van der Waals surface area (Å²) in [6.45, 7) is 4.35. The smallest absolute Gasteiger partial charge is 0.362 e. The number of ether oxygens (including phenoxy) is 3. The lowest BCUT2D eigenvalue weighted by Crippen LogP contribution is -2.50. The first-order valence-corrected chi connectivity index (χ1v) is 21.6. The molecular formula is C50H78NO7+. The summed E-state index contributed by atoms with van der Waals surface area (Å²) in [6, 6.07) is -0.637. The zero-order chi connectivity index (χ0) is 42.8. The molecule has 0 saturated heterocycles. The minimum Gasteiger partial charge on any atom is -0.477 e. The first-order valence-electron chi connectivity index (χ1n) is 21.6. The lowest BCUT2D eigenvalue weighted by molar-refractivity contribution is -0.887. The molecule has 0 aliphatic rings. The number of allylic oxidation sites excluding steroid dienone is 20. The topological polar surface area (TPSA) is 99.1 Å². The minimum absolute atomic E-state index is 0.0214. The lowest BCUT2D eigenvalue weighted by atomic mass is 10.1. The molecule has 0 aliphatic carbocycles. The molecule has 2 atom stereocenters. The van der Waals surface area contributed by atoms with Gasteiger partial charge in [0.25, 0.3) is 0 Å². The van der Waals surface area contributed by atoms with Crippen LogP contribution in [-0.2, 0) is 28.6 Å². The molecule has 8 nitrogen and oxygen atoms in total. The second kappa shape index (κ2) is 39.6. The Kier molecular flexibility index (Phi) is 36.6. The number of carbonyl (C=O) groups excluding carboxylic acids is 2. The van der Waals surface area contributed by atoms with Crippen molar-refractivity contribution in [2.24, 2.45) is 0 Å². The molecule has 0 spiro atoms.